The van der Waals surface area contributed by atoms with Gasteiger partial charge in [-0.1, -0.05) is 0 Å². The van der Waals surface area contributed by atoms with E-state index in [1.165, 1.54) is 0 Å². The number of aliphatic carboxylic acids is 1. The van der Waals surface area contributed by atoms with Gasteiger partial charge in [0.15, 0.2) is 0 Å². The van der Waals surface area contributed by atoms with Gasteiger partial charge in [-0.3, -0.25) is 4.79 Å². The summed E-state index contributed by atoms with van der Waals surface area (Å²) in [4.78, 5) is 21.9. The molecule has 0 aromatic rings. The minimum atomic E-state index is -1.29. The molecule has 1 saturated heterocycles. The number of rotatable bonds is 4. The fraction of sp³-hybridized carbons (Fsp3) is 0.750. The molecule has 1 heterocycles. The molecular weight excluding hydrogens is 204 g/mol. The Morgan fingerprint density at radius 2 is 2.20 bits per heavy atom. The van der Waals surface area contributed by atoms with Crippen LogP contribution in [-0.4, -0.2) is 58.5 Å². The summed E-state index contributed by atoms with van der Waals surface area (Å²) < 4.78 is 0. The lowest BCUT2D eigenvalue weighted by Gasteiger charge is -2.15. The van der Waals surface area contributed by atoms with E-state index in [2.05, 4.69) is 10.6 Å². The first-order valence-electron chi connectivity index (χ1n) is 4.60. The van der Waals surface area contributed by atoms with Crippen molar-refractivity contribution in [2.75, 3.05) is 13.2 Å². The highest BCUT2D eigenvalue weighted by Gasteiger charge is 2.30. The number of carboxylic acid groups (broad SMARTS) is 1. The van der Waals surface area contributed by atoms with Crippen molar-refractivity contribution < 1.29 is 24.9 Å². The molecule has 1 aliphatic heterocycles. The van der Waals surface area contributed by atoms with Crippen LogP contribution in [0.25, 0.3) is 0 Å². The Hall–Kier alpha value is -1.18. The van der Waals surface area contributed by atoms with Gasteiger partial charge in [0.05, 0.1) is 18.8 Å². The van der Waals surface area contributed by atoms with Crippen LogP contribution in [0.15, 0.2) is 0 Å². The average molecular weight is 218 g/mol. The molecule has 0 aromatic heterocycles. The van der Waals surface area contributed by atoms with Crippen LogP contribution in [0.5, 0.6) is 0 Å². The fourth-order valence-electron chi connectivity index (χ4n) is 1.37. The fourth-order valence-corrected chi connectivity index (χ4v) is 1.37. The van der Waals surface area contributed by atoms with Crippen molar-refractivity contribution >= 4 is 11.9 Å². The zero-order chi connectivity index (χ0) is 11.4. The lowest BCUT2D eigenvalue weighted by Crippen LogP contribution is -2.49. The number of carboxylic acids is 1. The zero-order valence-electron chi connectivity index (χ0n) is 8.01. The van der Waals surface area contributed by atoms with E-state index in [1.807, 2.05) is 0 Å². The van der Waals surface area contributed by atoms with Crippen molar-refractivity contribution in [1.82, 2.24) is 10.6 Å². The molecule has 0 radical (unpaired) electrons. The number of amides is 1. The summed E-state index contributed by atoms with van der Waals surface area (Å²) in [5, 5.41) is 31.3. The molecule has 1 rings (SSSR count). The minimum Gasteiger partial charge on any atom is -0.480 e. The first-order chi connectivity index (χ1) is 7.04. The molecule has 1 fully saturated rings. The number of β-amino-alcohol motifs (C(OH)–C–C–N with tert-alkyl or cyclic N) is 1. The third-order valence-electron chi connectivity index (χ3n) is 2.22. The molecule has 0 aliphatic carbocycles. The quantitative estimate of drug-likeness (QED) is 0.349. The van der Waals surface area contributed by atoms with Crippen LogP contribution in [0.4, 0.5) is 0 Å². The Morgan fingerprint density at radius 3 is 2.60 bits per heavy atom. The molecular formula is C8H14N2O5. The van der Waals surface area contributed by atoms with Crippen molar-refractivity contribution in [1.29, 1.82) is 0 Å². The van der Waals surface area contributed by atoms with Crippen molar-refractivity contribution in [3.05, 3.63) is 0 Å². The molecule has 1 unspecified atom stereocenters. The Balaban J connectivity index is 2.44. The molecule has 3 atom stereocenters. The number of hydrogen-bond acceptors (Lipinski definition) is 5. The number of aliphatic hydroxyl groups is 2. The van der Waals surface area contributed by atoms with Crippen molar-refractivity contribution in [3.8, 4) is 0 Å². The van der Waals surface area contributed by atoms with Gasteiger partial charge < -0.3 is 26.0 Å². The normalized spacial score (nSPS) is 27.3. The Bertz CT molecular complexity index is 257. The number of aliphatic hydroxyl groups excluding tert-OH is 2. The van der Waals surface area contributed by atoms with Gasteiger partial charge in [-0.15, -0.1) is 0 Å². The van der Waals surface area contributed by atoms with Crippen LogP contribution in [-0.2, 0) is 9.59 Å². The van der Waals surface area contributed by atoms with Gasteiger partial charge in [-0.25, -0.2) is 4.79 Å². The summed E-state index contributed by atoms with van der Waals surface area (Å²) in [6.45, 7) is -0.342. The van der Waals surface area contributed by atoms with Gasteiger partial charge in [0.25, 0.3) is 0 Å². The predicted octanol–water partition coefficient (Wildman–Crippen LogP) is -2.73. The molecule has 0 aromatic carbocycles. The first-order valence-corrected chi connectivity index (χ1v) is 4.60. The van der Waals surface area contributed by atoms with Gasteiger partial charge >= 0.3 is 5.97 Å². The van der Waals surface area contributed by atoms with Crippen molar-refractivity contribution in [2.24, 2.45) is 0 Å². The van der Waals surface area contributed by atoms with Crippen LogP contribution in [0.3, 0.4) is 0 Å². The molecule has 1 aliphatic rings. The van der Waals surface area contributed by atoms with E-state index >= 15 is 0 Å². The van der Waals surface area contributed by atoms with Crippen LogP contribution in [0.1, 0.15) is 6.42 Å². The second-order valence-corrected chi connectivity index (χ2v) is 3.43. The van der Waals surface area contributed by atoms with Gasteiger partial charge in [0.2, 0.25) is 5.91 Å². The van der Waals surface area contributed by atoms with Gasteiger partial charge in [0.1, 0.15) is 6.04 Å². The summed E-state index contributed by atoms with van der Waals surface area (Å²) in [6.07, 6.45) is -0.331. The second kappa shape index (κ2) is 5.06. The van der Waals surface area contributed by atoms with E-state index in [4.69, 9.17) is 15.3 Å². The Labute approximate surface area is 86.1 Å². The summed E-state index contributed by atoms with van der Waals surface area (Å²) in [5.41, 5.74) is 0. The molecule has 1 amide bonds. The van der Waals surface area contributed by atoms with E-state index in [-0.39, 0.29) is 6.42 Å². The third kappa shape index (κ3) is 3.15. The standard InChI is InChI=1S/C8H14N2O5/c11-3-6(8(14)15)10-7(13)5-1-4(12)2-9-5/h4-6,9,11-12H,1-3H2,(H,10,13)(H,14,15)/t4?,5-,6-/m1/s1. The third-order valence-corrected chi connectivity index (χ3v) is 2.22. The largest absolute Gasteiger partial charge is 0.480 e. The monoisotopic (exact) mass is 218 g/mol. The molecule has 0 bridgehead atoms. The maximum atomic E-state index is 11.4. The highest BCUT2D eigenvalue weighted by Crippen LogP contribution is 2.06. The van der Waals surface area contributed by atoms with Gasteiger partial charge in [-0.05, 0) is 6.42 Å². The Morgan fingerprint density at radius 1 is 1.53 bits per heavy atom. The summed E-state index contributed by atoms with van der Waals surface area (Å²) >= 11 is 0. The minimum absolute atomic E-state index is 0.254. The lowest BCUT2D eigenvalue weighted by atomic mass is 10.2. The number of carbonyl (C=O) groups is 2. The molecule has 7 nitrogen and oxygen atoms in total. The number of carbonyl (C=O) groups excluding carboxylic acids is 1. The summed E-state index contributed by atoms with van der Waals surface area (Å²) in [5.74, 6) is -1.81. The maximum absolute atomic E-state index is 11.4. The van der Waals surface area contributed by atoms with Gasteiger partial charge in [0, 0.05) is 6.54 Å². The zero-order valence-corrected chi connectivity index (χ0v) is 8.01. The van der Waals surface area contributed by atoms with Crippen LogP contribution < -0.4 is 10.6 Å². The smallest absolute Gasteiger partial charge is 0.328 e. The average Bonchev–Trinajstić information content (AvgIpc) is 2.60. The van der Waals surface area contributed by atoms with Gasteiger partial charge in [-0.2, -0.15) is 0 Å². The molecule has 0 spiro atoms. The van der Waals surface area contributed by atoms with Crippen LogP contribution in [0, 0.1) is 0 Å². The van der Waals surface area contributed by atoms with Crippen molar-refractivity contribution in [3.63, 3.8) is 0 Å². The molecule has 0 saturated carbocycles. The predicted molar refractivity (Wildman–Crippen MR) is 49.1 cm³/mol. The summed E-state index contributed by atoms with van der Waals surface area (Å²) in [6, 6.07) is -1.88. The van der Waals surface area contributed by atoms with E-state index in [9.17, 15) is 9.59 Å². The Kier molecular flexibility index (Phi) is 4.01. The molecule has 86 valence electrons. The van der Waals surface area contributed by atoms with E-state index in [0.717, 1.165) is 0 Å². The molecule has 7 heteroatoms. The number of hydrogen-bond donors (Lipinski definition) is 5. The highest BCUT2D eigenvalue weighted by atomic mass is 16.4. The first kappa shape index (κ1) is 11.9. The highest BCUT2D eigenvalue weighted by molar-refractivity contribution is 5.87. The van der Waals surface area contributed by atoms with E-state index < -0.39 is 36.7 Å². The second-order valence-electron chi connectivity index (χ2n) is 3.43. The summed E-state index contributed by atoms with van der Waals surface area (Å²) in [7, 11) is 0. The molecule has 15 heavy (non-hydrogen) atoms. The number of nitrogens with one attached hydrogen (secondary N) is 2. The maximum Gasteiger partial charge on any atom is 0.328 e. The molecule has 5 N–H and O–H groups in total. The van der Waals surface area contributed by atoms with Crippen LogP contribution >= 0.6 is 0 Å². The van der Waals surface area contributed by atoms with E-state index in [0.29, 0.717) is 6.54 Å². The van der Waals surface area contributed by atoms with E-state index in [1.54, 1.807) is 0 Å². The van der Waals surface area contributed by atoms with Crippen molar-refractivity contribution in [2.45, 2.75) is 24.6 Å². The topological polar surface area (TPSA) is 119 Å². The SMILES string of the molecule is O=C(O)[C@@H](CO)NC(=O)[C@H]1CC(O)CN1. The van der Waals surface area contributed by atoms with Crippen LogP contribution in [0.2, 0.25) is 0 Å². The lowest BCUT2D eigenvalue weighted by molar-refractivity contribution is -0.143.